The quantitative estimate of drug-likeness (QED) is 0.711. The third kappa shape index (κ3) is 3.67. The summed E-state index contributed by atoms with van der Waals surface area (Å²) in [6.07, 6.45) is 5.32. The number of hydrogen-bond donors (Lipinski definition) is 1. The average Bonchev–Trinajstić information content (AvgIpc) is 3.36. The van der Waals surface area contributed by atoms with Gasteiger partial charge in [-0.1, -0.05) is 6.92 Å². The molecule has 0 saturated heterocycles. The van der Waals surface area contributed by atoms with Gasteiger partial charge in [-0.15, -0.1) is 0 Å². The molecule has 6 heteroatoms. The summed E-state index contributed by atoms with van der Waals surface area (Å²) in [5.41, 5.74) is 0. The van der Waals surface area contributed by atoms with E-state index in [1.54, 1.807) is 16.4 Å². The van der Waals surface area contributed by atoms with E-state index in [4.69, 9.17) is 4.42 Å². The van der Waals surface area contributed by atoms with Crippen LogP contribution in [0.4, 0.5) is 0 Å². The van der Waals surface area contributed by atoms with Crippen molar-refractivity contribution >= 4 is 10.0 Å². The fourth-order valence-corrected chi connectivity index (χ4v) is 4.15. The van der Waals surface area contributed by atoms with Gasteiger partial charge in [0.2, 0.25) is 5.09 Å². The molecule has 3 rings (SSSR count). The van der Waals surface area contributed by atoms with E-state index >= 15 is 0 Å². The van der Waals surface area contributed by atoms with Gasteiger partial charge >= 0.3 is 0 Å². The largest absolute Gasteiger partial charge is 0.447 e. The van der Waals surface area contributed by atoms with Crippen LogP contribution in [0.1, 0.15) is 44.8 Å². The van der Waals surface area contributed by atoms with Crippen molar-refractivity contribution in [2.45, 2.75) is 56.7 Å². The normalized spacial score (nSPS) is 19.3. The Kier molecular flexibility index (Phi) is 4.38. The minimum absolute atomic E-state index is 0.100. The van der Waals surface area contributed by atoms with Gasteiger partial charge in [0.25, 0.3) is 10.0 Å². The topological polar surface area (TPSA) is 62.6 Å². The Balaban J connectivity index is 1.70. The standard InChI is InChI=1S/C15H24N2O3S/c1-2-9-16-10-14-7-8-15(20-14)21(18,19)17(13-5-6-13)11-12-3-4-12/h7-8,12-13,16H,2-6,9-11H2,1H3. The molecule has 1 heterocycles. The first-order valence-electron chi connectivity index (χ1n) is 7.92. The smallest absolute Gasteiger partial charge is 0.276 e. The summed E-state index contributed by atoms with van der Waals surface area (Å²) >= 11 is 0. The molecular weight excluding hydrogens is 288 g/mol. The second-order valence-electron chi connectivity index (χ2n) is 6.15. The van der Waals surface area contributed by atoms with E-state index in [1.165, 1.54) is 0 Å². The van der Waals surface area contributed by atoms with Crippen LogP contribution in [-0.2, 0) is 16.6 Å². The van der Waals surface area contributed by atoms with Crippen molar-refractivity contribution in [3.05, 3.63) is 17.9 Å². The molecule has 5 nitrogen and oxygen atoms in total. The van der Waals surface area contributed by atoms with Gasteiger partial charge in [0, 0.05) is 12.6 Å². The van der Waals surface area contributed by atoms with E-state index in [2.05, 4.69) is 12.2 Å². The van der Waals surface area contributed by atoms with Crippen LogP contribution in [0, 0.1) is 5.92 Å². The Labute approximate surface area is 126 Å². The highest BCUT2D eigenvalue weighted by atomic mass is 32.2. The number of sulfonamides is 1. The maximum absolute atomic E-state index is 12.7. The fourth-order valence-electron chi connectivity index (χ4n) is 2.46. The zero-order valence-electron chi connectivity index (χ0n) is 12.5. The van der Waals surface area contributed by atoms with E-state index in [9.17, 15) is 8.42 Å². The SMILES string of the molecule is CCCNCc1ccc(S(=O)(=O)N(CC2CC2)C2CC2)o1. The molecule has 0 amide bonds. The highest BCUT2D eigenvalue weighted by Crippen LogP contribution is 2.38. The number of rotatable bonds is 9. The van der Waals surface area contributed by atoms with Crippen LogP contribution in [0.15, 0.2) is 21.6 Å². The van der Waals surface area contributed by atoms with Gasteiger partial charge < -0.3 is 9.73 Å². The van der Waals surface area contributed by atoms with Crippen LogP contribution >= 0.6 is 0 Å². The third-order valence-electron chi connectivity index (χ3n) is 4.02. The summed E-state index contributed by atoms with van der Waals surface area (Å²) in [7, 11) is -3.46. The molecule has 2 fully saturated rings. The summed E-state index contributed by atoms with van der Waals surface area (Å²) in [5.74, 6) is 1.24. The zero-order chi connectivity index (χ0) is 14.9. The molecule has 0 atom stereocenters. The summed E-state index contributed by atoms with van der Waals surface area (Å²) in [5, 5.41) is 3.32. The monoisotopic (exact) mass is 312 g/mol. The molecule has 2 aliphatic carbocycles. The first-order valence-corrected chi connectivity index (χ1v) is 9.36. The molecule has 1 aromatic rings. The number of hydrogen-bond acceptors (Lipinski definition) is 4. The second kappa shape index (κ2) is 6.10. The van der Waals surface area contributed by atoms with E-state index in [-0.39, 0.29) is 11.1 Å². The highest BCUT2D eigenvalue weighted by molar-refractivity contribution is 7.89. The summed E-state index contributed by atoms with van der Waals surface area (Å²) in [6, 6.07) is 3.56. The van der Waals surface area contributed by atoms with Gasteiger partial charge in [-0.3, -0.25) is 0 Å². The van der Waals surface area contributed by atoms with Crippen LogP contribution in [0.3, 0.4) is 0 Å². The summed E-state index contributed by atoms with van der Waals surface area (Å²) < 4.78 is 32.7. The lowest BCUT2D eigenvalue weighted by Crippen LogP contribution is -2.34. The van der Waals surface area contributed by atoms with Gasteiger partial charge in [0.05, 0.1) is 6.54 Å². The van der Waals surface area contributed by atoms with Crippen LogP contribution < -0.4 is 5.32 Å². The molecule has 0 spiro atoms. The van der Waals surface area contributed by atoms with E-state index in [1.807, 2.05) is 0 Å². The van der Waals surface area contributed by atoms with Crippen molar-refractivity contribution in [3.8, 4) is 0 Å². The molecular formula is C15H24N2O3S. The molecule has 0 radical (unpaired) electrons. The summed E-state index contributed by atoms with van der Waals surface area (Å²) in [6.45, 7) is 4.24. The van der Waals surface area contributed by atoms with Gasteiger partial charge in [0.1, 0.15) is 5.76 Å². The first-order chi connectivity index (χ1) is 10.1. The first kappa shape index (κ1) is 15.1. The minimum atomic E-state index is -3.46. The Morgan fingerprint density at radius 1 is 1.29 bits per heavy atom. The van der Waals surface area contributed by atoms with Crippen molar-refractivity contribution < 1.29 is 12.8 Å². The van der Waals surface area contributed by atoms with Crippen molar-refractivity contribution in [2.75, 3.05) is 13.1 Å². The molecule has 118 valence electrons. The van der Waals surface area contributed by atoms with Crippen LogP contribution in [0.25, 0.3) is 0 Å². The molecule has 0 aliphatic heterocycles. The molecule has 1 aromatic heterocycles. The van der Waals surface area contributed by atoms with Gasteiger partial charge in [-0.2, -0.15) is 4.31 Å². The third-order valence-corrected chi connectivity index (χ3v) is 5.81. The van der Waals surface area contributed by atoms with Crippen LogP contribution in [0.2, 0.25) is 0 Å². The molecule has 0 bridgehead atoms. The van der Waals surface area contributed by atoms with Crippen LogP contribution in [-0.4, -0.2) is 31.9 Å². The Morgan fingerprint density at radius 3 is 2.67 bits per heavy atom. The molecule has 0 unspecified atom stereocenters. The molecule has 21 heavy (non-hydrogen) atoms. The lowest BCUT2D eigenvalue weighted by atomic mass is 10.4. The van der Waals surface area contributed by atoms with E-state index in [0.717, 1.165) is 38.6 Å². The Morgan fingerprint density at radius 2 is 2.05 bits per heavy atom. The lowest BCUT2D eigenvalue weighted by Gasteiger charge is -2.20. The Bertz CT molecular complexity index is 573. The average molecular weight is 312 g/mol. The predicted octanol–water partition coefficient (Wildman–Crippen LogP) is 2.34. The maximum atomic E-state index is 12.7. The zero-order valence-corrected chi connectivity index (χ0v) is 13.4. The summed E-state index contributed by atoms with van der Waals surface area (Å²) in [4.78, 5) is 0. The highest BCUT2D eigenvalue weighted by Gasteiger charge is 2.42. The Hall–Kier alpha value is -0.850. The molecule has 1 N–H and O–H groups in total. The molecule has 2 saturated carbocycles. The lowest BCUT2D eigenvalue weighted by molar-refractivity contribution is 0.351. The van der Waals surface area contributed by atoms with E-state index in [0.29, 0.717) is 24.8 Å². The fraction of sp³-hybridized carbons (Fsp3) is 0.733. The van der Waals surface area contributed by atoms with Crippen molar-refractivity contribution in [3.63, 3.8) is 0 Å². The van der Waals surface area contributed by atoms with Crippen molar-refractivity contribution in [1.82, 2.24) is 9.62 Å². The van der Waals surface area contributed by atoms with Crippen LogP contribution in [0.5, 0.6) is 0 Å². The van der Waals surface area contributed by atoms with Gasteiger partial charge in [-0.05, 0) is 56.7 Å². The molecule has 0 aromatic carbocycles. The van der Waals surface area contributed by atoms with Gasteiger partial charge in [-0.25, -0.2) is 8.42 Å². The maximum Gasteiger partial charge on any atom is 0.276 e. The van der Waals surface area contributed by atoms with E-state index < -0.39 is 10.0 Å². The number of nitrogens with zero attached hydrogens (tertiary/aromatic N) is 1. The molecule has 2 aliphatic rings. The number of nitrogens with one attached hydrogen (secondary N) is 1. The van der Waals surface area contributed by atoms with Gasteiger partial charge in [0.15, 0.2) is 0 Å². The minimum Gasteiger partial charge on any atom is -0.447 e. The second-order valence-corrected chi connectivity index (χ2v) is 7.97. The van der Waals surface area contributed by atoms with Crippen molar-refractivity contribution in [2.24, 2.45) is 5.92 Å². The number of furan rings is 1. The van der Waals surface area contributed by atoms with Crippen molar-refractivity contribution in [1.29, 1.82) is 0 Å². The predicted molar refractivity (Wildman–Crippen MR) is 80.3 cm³/mol.